The van der Waals surface area contributed by atoms with Crippen LogP contribution in [0.25, 0.3) is 10.9 Å². The quantitative estimate of drug-likeness (QED) is 0.119. The van der Waals surface area contributed by atoms with Gasteiger partial charge in [0.25, 0.3) is 11.8 Å². The van der Waals surface area contributed by atoms with Crippen LogP contribution in [0.5, 0.6) is 0 Å². The minimum atomic E-state index is -1.00. The largest absolute Gasteiger partial charge is 0.381 e. The Morgan fingerprint density at radius 2 is 1.70 bits per heavy atom. The van der Waals surface area contributed by atoms with Gasteiger partial charge in [-0.15, -0.1) is 11.8 Å². The molecule has 0 radical (unpaired) electrons. The molecule has 4 aromatic rings. The van der Waals surface area contributed by atoms with Crippen LogP contribution >= 0.6 is 11.8 Å². The summed E-state index contributed by atoms with van der Waals surface area (Å²) in [7, 11) is 0. The van der Waals surface area contributed by atoms with E-state index in [0.29, 0.717) is 62.0 Å². The predicted octanol–water partition coefficient (Wildman–Crippen LogP) is 5.24. The number of benzene rings is 3. The maximum absolute atomic E-state index is 14.0. The van der Waals surface area contributed by atoms with Gasteiger partial charge >= 0.3 is 0 Å². The average Bonchev–Trinajstić information content (AvgIpc) is 3.72. The van der Waals surface area contributed by atoms with Crippen LogP contribution in [0.4, 0.5) is 5.69 Å². The van der Waals surface area contributed by atoms with E-state index in [2.05, 4.69) is 48.1 Å². The summed E-state index contributed by atoms with van der Waals surface area (Å²) in [6, 6.07) is 16.4. The van der Waals surface area contributed by atoms with Gasteiger partial charge in [-0.25, -0.2) is 0 Å². The lowest BCUT2D eigenvalue weighted by molar-refractivity contribution is -0.136. The van der Waals surface area contributed by atoms with E-state index in [1.807, 2.05) is 29.2 Å². The van der Waals surface area contributed by atoms with E-state index in [1.165, 1.54) is 11.8 Å². The van der Waals surface area contributed by atoms with Crippen molar-refractivity contribution in [2.24, 2.45) is 0 Å². The number of carbonyl (C=O) groups excluding carboxylic acids is 6. The van der Waals surface area contributed by atoms with Gasteiger partial charge in [0.15, 0.2) is 5.78 Å². The second-order valence-electron chi connectivity index (χ2n) is 15.3. The molecule has 56 heavy (non-hydrogen) atoms. The maximum atomic E-state index is 14.0. The van der Waals surface area contributed by atoms with Crippen molar-refractivity contribution in [1.82, 2.24) is 20.1 Å². The van der Waals surface area contributed by atoms with E-state index in [0.717, 1.165) is 55.9 Å². The number of nitrogens with zero attached hydrogens (tertiary/aromatic N) is 3. The predicted molar refractivity (Wildman–Crippen MR) is 212 cm³/mol. The molecule has 1 aromatic heterocycles. The molecule has 4 aliphatic rings. The molecule has 1 aliphatic carbocycles. The first-order valence-electron chi connectivity index (χ1n) is 19.4. The molecule has 0 spiro atoms. The van der Waals surface area contributed by atoms with E-state index in [-0.39, 0.29) is 36.5 Å². The standard InChI is InChI=1S/C43H45N5O7S/c1-4-25-23-28-29(43(2,3)39-37(38(28)51)26-9-5-6-11-30(26)44-39)24-32(25)46-16-18-47(19-17-46)35(50)15-21-55-20-8-22-56-33-12-7-10-27-36(33)42(54)48(41(27)53)31-13-14-34(49)45-40(31)52/h5-7,9-12,23-24,31,44H,4,8,13-22H2,1-3H3,(H,45,49,52). The summed E-state index contributed by atoms with van der Waals surface area (Å²) in [6.45, 7) is 9.83. The Morgan fingerprint density at radius 3 is 2.46 bits per heavy atom. The van der Waals surface area contributed by atoms with E-state index >= 15 is 0 Å². The number of hydrogen-bond donors (Lipinski definition) is 2. The van der Waals surface area contributed by atoms with Gasteiger partial charge in [0.05, 0.1) is 29.7 Å². The van der Waals surface area contributed by atoms with Gasteiger partial charge in [0.2, 0.25) is 17.7 Å². The minimum absolute atomic E-state index is 0.0573. The molecule has 13 heteroatoms. The topological polar surface area (TPSA) is 149 Å². The number of aromatic amines is 1. The zero-order valence-corrected chi connectivity index (χ0v) is 32.7. The molecule has 8 rings (SSSR count). The molecule has 1 unspecified atom stereocenters. The fraction of sp³-hybridized carbons (Fsp3) is 0.395. The fourth-order valence-electron chi connectivity index (χ4n) is 8.60. The van der Waals surface area contributed by atoms with E-state index in [9.17, 15) is 28.8 Å². The number of fused-ring (bicyclic) bond motifs is 5. The van der Waals surface area contributed by atoms with Gasteiger partial charge in [0, 0.05) is 83.1 Å². The number of aryl methyl sites for hydroxylation is 1. The van der Waals surface area contributed by atoms with Gasteiger partial charge in [-0.1, -0.05) is 45.0 Å². The highest BCUT2D eigenvalue weighted by Gasteiger charge is 2.46. The summed E-state index contributed by atoms with van der Waals surface area (Å²) < 4.78 is 5.82. The van der Waals surface area contributed by atoms with Crippen molar-refractivity contribution in [3.8, 4) is 0 Å². The number of carbonyl (C=O) groups is 6. The molecule has 2 saturated heterocycles. The average molecular weight is 776 g/mol. The van der Waals surface area contributed by atoms with Crippen molar-refractivity contribution < 1.29 is 33.5 Å². The van der Waals surface area contributed by atoms with Crippen LogP contribution in [0.3, 0.4) is 0 Å². The van der Waals surface area contributed by atoms with Crippen LogP contribution in [0.15, 0.2) is 59.5 Å². The number of anilines is 1. The van der Waals surface area contributed by atoms with Crippen LogP contribution in [-0.2, 0) is 31.0 Å². The highest BCUT2D eigenvalue weighted by molar-refractivity contribution is 7.99. The van der Waals surface area contributed by atoms with Crippen LogP contribution in [-0.4, -0.2) is 101 Å². The Bertz CT molecular complexity index is 2310. The second-order valence-corrected chi connectivity index (χ2v) is 16.4. The zero-order chi connectivity index (χ0) is 39.3. The van der Waals surface area contributed by atoms with Crippen molar-refractivity contribution in [1.29, 1.82) is 0 Å². The van der Waals surface area contributed by atoms with E-state index < -0.39 is 35.1 Å². The van der Waals surface area contributed by atoms with Gasteiger partial charge in [0.1, 0.15) is 6.04 Å². The minimum Gasteiger partial charge on any atom is -0.381 e. The first-order valence-corrected chi connectivity index (χ1v) is 20.4. The van der Waals surface area contributed by atoms with E-state index in [4.69, 9.17) is 4.74 Å². The number of H-pyrrole nitrogens is 1. The number of aromatic nitrogens is 1. The lowest BCUT2D eigenvalue weighted by Crippen LogP contribution is -2.54. The molecule has 4 heterocycles. The Kier molecular flexibility index (Phi) is 10.1. The maximum Gasteiger partial charge on any atom is 0.263 e. The number of hydrogen-bond acceptors (Lipinski definition) is 9. The second kappa shape index (κ2) is 15.0. The number of imide groups is 2. The molecular weight excluding hydrogens is 731 g/mol. The number of ketones is 1. The van der Waals surface area contributed by atoms with Crippen LogP contribution in [0.2, 0.25) is 0 Å². The summed E-state index contributed by atoms with van der Waals surface area (Å²) in [5, 5.41) is 3.19. The van der Waals surface area contributed by atoms with Gasteiger partial charge in [-0.2, -0.15) is 0 Å². The Labute approximate surface area is 329 Å². The number of ether oxygens (including phenoxy) is 1. The molecule has 290 valence electrons. The number of piperidine rings is 1. The summed E-state index contributed by atoms with van der Waals surface area (Å²) in [5.41, 5.74) is 6.92. The Hall–Kier alpha value is -5.27. The number of rotatable bonds is 11. The summed E-state index contributed by atoms with van der Waals surface area (Å²) in [5.74, 6) is -1.33. The normalized spacial score (nSPS) is 19.0. The van der Waals surface area contributed by atoms with Gasteiger partial charge < -0.3 is 19.5 Å². The SMILES string of the molecule is CCc1cc2c(cc1N1CCN(C(=O)CCOCCCSc3cccc4c3C(=O)N(C3CCC(=O)NC3=O)C4=O)CC1)C(C)(C)c1[nH]c3ccccc3c1C2=O. The molecule has 5 amide bonds. The Morgan fingerprint density at radius 1 is 0.911 bits per heavy atom. The monoisotopic (exact) mass is 775 g/mol. The fourth-order valence-corrected chi connectivity index (χ4v) is 9.59. The van der Waals surface area contributed by atoms with Crippen molar-refractivity contribution in [3.05, 3.63) is 93.7 Å². The number of amides is 5. The molecule has 3 aliphatic heterocycles. The summed E-state index contributed by atoms with van der Waals surface area (Å²) in [6.07, 6.45) is 1.93. The molecule has 3 aromatic carbocycles. The number of para-hydroxylation sites is 1. The molecule has 0 saturated carbocycles. The zero-order valence-electron chi connectivity index (χ0n) is 31.9. The third-order valence-corrected chi connectivity index (χ3v) is 12.8. The van der Waals surface area contributed by atoms with Crippen LogP contribution < -0.4 is 10.2 Å². The highest BCUT2D eigenvalue weighted by atomic mass is 32.2. The van der Waals surface area contributed by atoms with Crippen molar-refractivity contribution in [2.45, 2.75) is 69.2 Å². The van der Waals surface area contributed by atoms with Gasteiger partial charge in [-0.05, 0) is 60.7 Å². The summed E-state index contributed by atoms with van der Waals surface area (Å²) in [4.78, 5) is 87.0. The number of piperazine rings is 1. The lowest BCUT2D eigenvalue weighted by Gasteiger charge is -2.39. The third kappa shape index (κ3) is 6.50. The highest BCUT2D eigenvalue weighted by Crippen LogP contribution is 2.46. The van der Waals surface area contributed by atoms with Crippen LogP contribution in [0.1, 0.15) is 99.9 Å². The first-order chi connectivity index (χ1) is 27.0. The molecule has 0 bridgehead atoms. The summed E-state index contributed by atoms with van der Waals surface area (Å²) >= 11 is 1.44. The lowest BCUT2D eigenvalue weighted by atomic mass is 9.70. The van der Waals surface area contributed by atoms with Crippen molar-refractivity contribution in [3.63, 3.8) is 0 Å². The van der Waals surface area contributed by atoms with Crippen molar-refractivity contribution in [2.75, 3.05) is 50.0 Å². The van der Waals surface area contributed by atoms with Gasteiger partial charge in [-0.3, -0.25) is 39.0 Å². The molecule has 2 fully saturated rings. The molecule has 1 atom stereocenters. The number of nitrogens with one attached hydrogen (secondary N) is 2. The van der Waals surface area contributed by atoms with E-state index in [1.54, 1.807) is 18.2 Å². The smallest absolute Gasteiger partial charge is 0.263 e. The molecular formula is C43H45N5O7S. The first kappa shape index (κ1) is 37.6. The number of thioether (sulfide) groups is 1. The Balaban J connectivity index is 0.811. The molecule has 12 nitrogen and oxygen atoms in total. The third-order valence-electron chi connectivity index (χ3n) is 11.6. The van der Waals surface area contributed by atoms with Crippen LogP contribution in [0, 0.1) is 0 Å². The van der Waals surface area contributed by atoms with Crippen molar-refractivity contribution >= 4 is 63.7 Å². The molecule has 2 N–H and O–H groups in total.